The van der Waals surface area contributed by atoms with E-state index in [1.165, 1.54) is 10.4 Å². The summed E-state index contributed by atoms with van der Waals surface area (Å²) in [5.41, 5.74) is 7.03. The second-order valence-electron chi connectivity index (χ2n) is 3.73. The second-order valence-corrected chi connectivity index (χ2v) is 4.73. The molecule has 0 saturated carbocycles. The molecule has 0 bridgehead atoms. The largest absolute Gasteiger partial charge is 0.383 e. The van der Waals surface area contributed by atoms with Crippen molar-refractivity contribution < 1.29 is 4.74 Å². The smallest absolute Gasteiger partial charge is 0.189 e. The van der Waals surface area contributed by atoms with Crippen LogP contribution < -0.4 is 11.1 Å². The molecule has 90 valence electrons. The number of aryl methyl sites for hydroxylation is 1. The number of hydrogen-bond acceptors (Lipinski definition) is 3. The summed E-state index contributed by atoms with van der Waals surface area (Å²) in [6.07, 6.45) is 0. The summed E-state index contributed by atoms with van der Waals surface area (Å²) in [7, 11) is 1.67. The number of nitrogens with zero attached hydrogens (tertiary/aromatic N) is 1. The monoisotopic (exact) mass is 241 g/mol. The molecule has 0 saturated heterocycles. The van der Waals surface area contributed by atoms with Crippen LogP contribution in [0.25, 0.3) is 0 Å². The molecule has 0 spiro atoms. The molecule has 1 atom stereocenters. The van der Waals surface area contributed by atoms with Gasteiger partial charge >= 0.3 is 0 Å². The van der Waals surface area contributed by atoms with E-state index in [4.69, 9.17) is 10.5 Å². The third-order valence-electron chi connectivity index (χ3n) is 2.17. The quantitative estimate of drug-likeness (QED) is 0.606. The average Bonchev–Trinajstić information content (AvgIpc) is 2.61. The maximum Gasteiger partial charge on any atom is 0.189 e. The number of hydrogen-bond donors (Lipinski definition) is 2. The zero-order valence-corrected chi connectivity index (χ0v) is 10.8. The number of aliphatic imine (C=N–C) groups is 1. The van der Waals surface area contributed by atoms with Crippen molar-refractivity contribution in [1.82, 2.24) is 5.32 Å². The number of guanidine groups is 1. The highest BCUT2D eigenvalue weighted by atomic mass is 32.1. The molecule has 0 radical (unpaired) electrons. The molecule has 0 aliphatic heterocycles. The van der Waals surface area contributed by atoms with Crippen molar-refractivity contribution >= 4 is 17.3 Å². The van der Waals surface area contributed by atoms with Crippen molar-refractivity contribution in [2.24, 2.45) is 10.7 Å². The number of nitrogens with two attached hydrogens (primary N) is 1. The molecule has 0 fully saturated rings. The number of rotatable bonds is 5. The van der Waals surface area contributed by atoms with Crippen LogP contribution in [-0.2, 0) is 11.3 Å². The molecule has 0 aromatic carbocycles. The lowest BCUT2D eigenvalue weighted by Gasteiger charge is -2.12. The van der Waals surface area contributed by atoms with Gasteiger partial charge in [0.25, 0.3) is 0 Å². The lowest BCUT2D eigenvalue weighted by molar-refractivity contribution is 0.179. The summed E-state index contributed by atoms with van der Waals surface area (Å²) < 4.78 is 5.00. The Morgan fingerprint density at radius 2 is 2.44 bits per heavy atom. The van der Waals surface area contributed by atoms with Gasteiger partial charge in [0.05, 0.1) is 13.2 Å². The van der Waals surface area contributed by atoms with Gasteiger partial charge in [0.1, 0.15) is 0 Å². The lowest BCUT2D eigenvalue weighted by Crippen LogP contribution is -2.40. The number of thiophene rings is 1. The molecule has 1 aromatic rings. The minimum absolute atomic E-state index is 0.179. The van der Waals surface area contributed by atoms with Gasteiger partial charge < -0.3 is 15.8 Å². The molecular weight excluding hydrogens is 222 g/mol. The van der Waals surface area contributed by atoms with Crippen molar-refractivity contribution in [3.63, 3.8) is 0 Å². The van der Waals surface area contributed by atoms with E-state index >= 15 is 0 Å². The second kappa shape index (κ2) is 6.50. The molecule has 1 rings (SSSR count). The van der Waals surface area contributed by atoms with E-state index in [1.54, 1.807) is 18.4 Å². The van der Waals surface area contributed by atoms with Crippen LogP contribution in [-0.4, -0.2) is 25.7 Å². The highest BCUT2D eigenvalue weighted by Gasteiger charge is 2.02. The standard InChI is InChI=1S/C11H19N3OS/c1-8-4-5-16-10(8)6-13-11(12)14-9(2)7-15-3/h4-5,9H,6-7H2,1-3H3,(H3,12,13,14). The summed E-state index contributed by atoms with van der Waals surface area (Å²) in [6.45, 7) is 5.34. The van der Waals surface area contributed by atoms with Crippen molar-refractivity contribution in [2.45, 2.75) is 26.4 Å². The van der Waals surface area contributed by atoms with Gasteiger partial charge in [0.15, 0.2) is 5.96 Å². The van der Waals surface area contributed by atoms with Crippen molar-refractivity contribution in [3.05, 3.63) is 21.9 Å². The summed E-state index contributed by atoms with van der Waals surface area (Å²) in [5.74, 6) is 0.470. The summed E-state index contributed by atoms with van der Waals surface area (Å²) in [6, 6.07) is 2.27. The Labute approximate surface area is 101 Å². The Morgan fingerprint density at radius 3 is 3.00 bits per heavy atom. The third-order valence-corrected chi connectivity index (χ3v) is 3.18. The fourth-order valence-corrected chi connectivity index (χ4v) is 2.14. The Morgan fingerprint density at radius 1 is 1.69 bits per heavy atom. The van der Waals surface area contributed by atoms with Gasteiger partial charge in [-0.25, -0.2) is 4.99 Å². The van der Waals surface area contributed by atoms with Gasteiger partial charge in [-0.2, -0.15) is 0 Å². The predicted octanol–water partition coefficient (Wildman–Crippen LogP) is 1.50. The van der Waals surface area contributed by atoms with Crippen LogP contribution in [0.3, 0.4) is 0 Å². The highest BCUT2D eigenvalue weighted by molar-refractivity contribution is 7.10. The maximum atomic E-state index is 5.76. The fraction of sp³-hybridized carbons (Fsp3) is 0.545. The molecule has 16 heavy (non-hydrogen) atoms. The van der Waals surface area contributed by atoms with Crippen LogP contribution in [0.2, 0.25) is 0 Å². The van der Waals surface area contributed by atoms with Crippen molar-refractivity contribution in [3.8, 4) is 0 Å². The van der Waals surface area contributed by atoms with Crippen molar-refractivity contribution in [2.75, 3.05) is 13.7 Å². The first-order valence-electron chi connectivity index (χ1n) is 5.22. The molecule has 1 aromatic heterocycles. The normalized spacial score (nSPS) is 13.8. The molecule has 0 aliphatic rings. The van der Waals surface area contributed by atoms with Gasteiger partial charge in [-0.1, -0.05) is 0 Å². The van der Waals surface area contributed by atoms with E-state index in [0.29, 0.717) is 19.1 Å². The third kappa shape index (κ3) is 4.20. The number of nitrogens with one attached hydrogen (secondary N) is 1. The molecular formula is C11H19N3OS. The average molecular weight is 241 g/mol. The van der Waals surface area contributed by atoms with Crippen LogP contribution in [0.15, 0.2) is 16.4 Å². The Balaban J connectivity index is 2.42. The predicted molar refractivity (Wildman–Crippen MR) is 68.9 cm³/mol. The minimum atomic E-state index is 0.179. The Bertz CT molecular complexity index is 349. The van der Waals surface area contributed by atoms with Gasteiger partial charge in [0, 0.05) is 18.0 Å². The first-order valence-corrected chi connectivity index (χ1v) is 6.09. The Hall–Kier alpha value is -1.07. The van der Waals surface area contributed by atoms with Gasteiger partial charge in [0.2, 0.25) is 0 Å². The molecule has 1 unspecified atom stereocenters. The van der Waals surface area contributed by atoms with E-state index in [-0.39, 0.29) is 6.04 Å². The fourth-order valence-electron chi connectivity index (χ4n) is 1.31. The topological polar surface area (TPSA) is 59.6 Å². The lowest BCUT2D eigenvalue weighted by atomic mass is 10.3. The zero-order valence-electron chi connectivity index (χ0n) is 9.99. The SMILES string of the molecule is COCC(C)NC(N)=NCc1sccc1C. The molecule has 3 N–H and O–H groups in total. The Kier molecular flexibility index (Phi) is 5.28. The van der Waals surface area contributed by atoms with Gasteiger partial charge in [-0.05, 0) is 30.9 Å². The van der Waals surface area contributed by atoms with E-state index in [9.17, 15) is 0 Å². The van der Waals surface area contributed by atoms with E-state index in [2.05, 4.69) is 28.7 Å². The molecule has 4 nitrogen and oxygen atoms in total. The maximum absolute atomic E-state index is 5.76. The van der Waals surface area contributed by atoms with Crippen LogP contribution in [0.1, 0.15) is 17.4 Å². The van der Waals surface area contributed by atoms with Crippen LogP contribution in [0.4, 0.5) is 0 Å². The first kappa shape index (κ1) is 13.0. The van der Waals surface area contributed by atoms with E-state index < -0.39 is 0 Å². The first-order chi connectivity index (χ1) is 7.63. The molecule has 0 aliphatic carbocycles. The van der Waals surface area contributed by atoms with Gasteiger partial charge in [-0.15, -0.1) is 11.3 Å². The summed E-state index contributed by atoms with van der Waals surface area (Å²) in [4.78, 5) is 5.54. The van der Waals surface area contributed by atoms with E-state index in [1.807, 2.05) is 6.92 Å². The summed E-state index contributed by atoms with van der Waals surface area (Å²) in [5, 5.41) is 5.14. The minimum Gasteiger partial charge on any atom is -0.383 e. The van der Waals surface area contributed by atoms with Gasteiger partial charge in [-0.3, -0.25) is 0 Å². The molecule has 0 amide bonds. The zero-order chi connectivity index (χ0) is 12.0. The number of methoxy groups -OCH3 is 1. The molecule has 5 heteroatoms. The van der Waals surface area contributed by atoms with Crippen LogP contribution in [0, 0.1) is 6.92 Å². The summed E-state index contributed by atoms with van der Waals surface area (Å²) >= 11 is 1.71. The highest BCUT2D eigenvalue weighted by Crippen LogP contribution is 2.16. The van der Waals surface area contributed by atoms with Crippen LogP contribution >= 0.6 is 11.3 Å². The van der Waals surface area contributed by atoms with Crippen molar-refractivity contribution in [1.29, 1.82) is 0 Å². The number of ether oxygens (including phenoxy) is 1. The van der Waals surface area contributed by atoms with E-state index in [0.717, 1.165) is 0 Å². The van der Waals surface area contributed by atoms with Crippen LogP contribution in [0.5, 0.6) is 0 Å². The molecule has 1 heterocycles.